The smallest absolute Gasteiger partial charge is 0.295 e. The number of nitrogens with zero attached hydrogens (tertiary/aromatic N) is 3. The van der Waals surface area contributed by atoms with E-state index in [1.165, 1.54) is 28.4 Å². The second-order valence-corrected chi connectivity index (χ2v) is 7.25. The standard InChI is InChI=1S/C21H17N3O5S/c1-28-11-10-23(20(25)19-12-15-4-2-3-5-18(15)29-19)21-22-17(13-30-21)14-6-8-16(9-7-14)24(26)27/h2-9,12-13H,10-11H2,1H3. The van der Waals surface area contributed by atoms with Crippen molar-refractivity contribution in [2.45, 2.75) is 0 Å². The van der Waals surface area contributed by atoms with Gasteiger partial charge in [-0.3, -0.25) is 19.8 Å². The number of rotatable bonds is 7. The number of nitro groups is 1. The molecule has 4 rings (SSSR count). The maximum Gasteiger partial charge on any atom is 0.295 e. The molecule has 0 fully saturated rings. The van der Waals surface area contributed by atoms with Gasteiger partial charge in [-0.25, -0.2) is 4.98 Å². The number of nitro benzene ring substituents is 1. The first-order chi connectivity index (χ1) is 14.6. The Kier molecular flexibility index (Phi) is 5.55. The lowest BCUT2D eigenvalue weighted by atomic mass is 10.1. The summed E-state index contributed by atoms with van der Waals surface area (Å²) in [5.41, 5.74) is 2.00. The van der Waals surface area contributed by atoms with Crippen molar-refractivity contribution in [3.8, 4) is 11.3 Å². The van der Waals surface area contributed by atoms with E-state index in [1.54, 1.807) is 25.3 Å². The van der Waals surface area contributed by atoms with Crippen LogP contribution in [-0.4, -0.2) is 36.1 Å². The molecule has 0 aliphatic rings. The predicted molar refractivity (Wildman–Crippen MR) is 114 cm³/mol. The van der Waals surface area contributed by atoms with Gasteiger partial charge in [0.2, 0.25) is 0 Å². The molecule has 8 nitrogen and oxygen atoms in total. The summed E-state index contributed by atoms with van der Waals surface area (Å²) in [5, 5.41) is 14.0. The highest BCUT2D eigenvalue weighted by Gasteiger charge is 2.24. The Labute approximate surface area is 175 Å². The largest absolute Gasteiger partial charge is 0.451 e. The van der Waals surface area contributed by atoms with Crippen molar-refractivity contribution < 1.29 is 18.9 Å². The normalized spacial score (nSPS) is 11.0. The first-order valence-electron chi connectivity index (χ1n) is 9.06. The van der Waals surface area contributed by atoms with Gasteiger partial charge in [-0.2, -0.15) is 0 Å². The Morgan fingerprint density at radius 1 is 1.23 bits per heavy atom. The number of amides is 1. The minimum Gasteiger partial charge on any atom is -0.451 e. The Hall–Kier alpha value is -3.56. The van der Waals surface area contributed by atoms with Crippen LogP contribution < -0.4 is 4.90 Å². The molecule has 0 saturated carbocycles. The molecule has 0 saturated heterocycles. The number of carbonyl (C=O) groups is 1. The number of carbonyl (C=O) groups excluding carboxylic acids is 1. The van der Waals surface area contributed by atoms with Crippen LogP contribution in [-0.2, 0) is 4.74 Å². The average Bonchev–Trinajstić information content (AvgIpc) is 3.41. The monoisotopic (exact) mass is 423 g/mol. The highest BCUT2D eigenvalue weighted by atomic mass is 32.1. The summed E-state index contributed by atoms with van der Waals surface area (Å²) in [6.07, 6.45) is 0. The van der Waals surface area contributed by atoms with E-state index in [0.29, 0.717) is 29.6 Å². The van der Waals surface area contributed by atoms with Gasteiger partial charge in [0.05, 0.1) is 23.8 Å². The molecule has 152 valence electrons. The van der Waals surface area contributed by atoms with Gasteiger partial charge in [-0.05, 0) is 24.3 Å². The van der Waals surface area contributed by atoms with Crippen molar-refractivity contribution in [1.29, 1.82) is 0 Å². The fraction of sp³-hybridized carbons (Fsp3) is 0.143. The van der Waals surface area contributed by atoms with Gasteiger partial charge in [0.15, 0.2) is 10.9 Å². The lowest BCUT2D eigenvalue weighted by molar-refractivity contribution is -0.384. The third-order valence-corrected chi connectivity index (χ3v) is 5.36. The maximum atomic E-state index is 13.2. The van der Waals surface area contributed by atoms with Crippen molar-refractivity contribution in [1.82, 2.24) is 4.98 Å². The molecule has 2 aromatic heterocycles. The van der Waals surface area contributed by atoms with Crippen LogP contribution in [0.4, 0.5) is 10.8 Å². The number of para-hydroxylation sites is 1. The van der Waals surface area contributed by atoms with E-state index in [-0.39, 0.29) is 17.4 Å². The fourth-order valence-electron chi connectivity index (χ4n) is 2.96. The van der Waals surface area contributed by atoms with Crippen LogP contribution in [0.5, 0.6) is 0 Å². The van der Waals surface area contributed by atoms with Gasteiger partial charge in [0, 0.05) is 35.6 Å². The zero-order valence-electron chi connectivity index (χ0n) is 16.0. The Bertz CT molecular complexity index is 1170. The predicted octanol–water partition coefficient (Wildman–Crippen LogP) is 4.76. The third kappa shape index (κ3) is 3.93. The molecule has 2 aromatic carbocycles. The zero-order chi connectivity index (χ0) is 21.1. The van der Waals surface area contributed by atoms with E-state index in [0.717, 1.165) is 10.9 Å². The molecule has 0 bridgehead atoms. The molecule has 2 heterocycles. The number of furan rings is 1. The molecule has 1 amide bonds. The van der Waals surface area contributed by atoms with Gasteiger partial charge < -0.3 is 9.15 Å². The number of non-ortho nitro benzene ring substituents is 1. The Balaban J connectivity index is 1.63. The number of hydrogen-bond donors (Lipinski definition) is 0. The highest BCUT2D eigenvalue weighted by Crippen LogP contribution is 2.30. The van der Waals surface area contributed by atoms with Crippen molar-refractivity contribution in [2.24, 2.45) is 0 Å². The van der Waals surface area contributed by atoms with Crippen LogP contribution in [0.2, 0.25) is 0 Å². The van der Waals surface area contributed by atoms with Gasteiger partial charge in [-0.15, -0.1) is 11.3 Å². The Morgan fingerprint density at radius 3 is 2.70 bits per heavy atom. The van der Waals surface area contributed by atoms with Gasteiger partial charge in [-0.1, -0.05) is 18.2 Å². The lowest BCUT2D eigenvalue weighted by Gasteiger charge is -2.18. The first-order valence-corrected chi connectivity index (χ1v) is 9.94. The number of thiazole rings is 1. The second-order valence-electron chi connectivity index (χ2n) is 6.42. The second kappa shape index (κ2) is 8.44. The number of ether oxygens (including phenoxy) is 1. The molecule has 0 unspecified atom stereocenters. The topological polar surface area (TPSA) is 98.7 Å². The quantitative estimate of drug-likeness (QED) is 0.314. The minimum absolute atomic E-state index is 0.0102. The van der Waals surface area contributed by atoms with E-state index in [4.69, 9.17) is 9.15 Å². The number of anilines is 1. The van der Waals surface area contributed by atoms with Gasteiger partial charge >= 0.3 is 0 Å². The number of hydrogen-bond acceptors (Lipinski definition) is 7. The maximum absolute atomic E-state index is 13.2. The molecule has 4 aromatic rings. The Morgan fingerprint density at radius 2 is 2.00 bits per heavy atom. The van der Waals surface area contributed by atoms with Crippen LogP contribution in [0.25, 0.3) is 22.2 Å². The van der Waals surface area contributed by atoms with Crippen molar-refractivity contribution in [2.75, 3.05) is 25.2 Å². The summed E-state index contributed by atoms with van der Waals surface area (Å²) in [5.74, 6) is -0.0905. The molecular weight excluding hydrogens is 406 g/mol. The molecule has 30 heavy (non-hydrogen) atoms. The molecule has 0 spiro atoms. The number of benzene rings is 2. The van der Waals surface area contributed by atoms with E-state index in [1.807, 2.05) is 29.6 Å². The lowest BCUT2D eigenvalue weighted by Crippen LogP contribution is -2.33. The summed E-state index contributed by atoms with van der Waals surface area (Å²) in [7, 11) is 1.56. The molecule has 0 atom stereocenters. The van der Waals surface area contributed by atoms with Crippen molar-refractivity contribution >= 4 is 39.0 Å². The fourth-order valence-corrected chi connectivity index (χ4v) is 3.82. The number of methoxy groups -OCH3 is 1. The summed E-state index contributed by atoms with van der Waals surface area (Å²) in [6.45, 7) is 0.637. The first kappa shape index (κ1) is 19.7. The zero-order valence-corrected chi connectivity index (χ0v) is 16.8. The molecule has 0 radical (unpaired) electrons. The van der Waals surface area contributed by atoms with Gasteiger partial charge in [0.1, 0.15) is 5.58 Å². The van der Waals surface area contributed by atoms with E-state index >= 15 is 0 Å². The van der Waals surface area contributed by atoms with Gasteiger partial charge in [0.25, 0.3) is 11.6 Å². The number of fused-ring (bicyclic) bond motifs is 1. The summed E-state index contributed by atoms with van der Waals surface area (Å²) in [4.78, 5) is 29.6. The molecule has 9 heteroatoms. The average molecular weight is 423 g/mol. The van der Waals surface area contributed by atoms with E-state index in [9.17, 15) is 14.9 Å². The summed E-state index contributed by atoms with van der Waals surface area (Å²) in [6, 6.07) is 15.3. The van der Waals surface area contributed by atoms with Crippen molar-refractivity contribution in [3.05, 3.63) is 75.9 Å². The van der Waals surface area contributed by atoms with Crippen LogP contribution in [0, 0.1) is 10.1 Å². The summed E-state index contributed by atoms with van der Waals surface area (Å²) >= 11 is 1.31. The molecule has 0 aliphatic carbocycles. The molecule has 0 N–H and O–H groups in total. The number of aromatic nitrogens is 1. The summed E-state index contributed by atoms with van der Waals surface area (Å²) < 4.78 is 10.9. The third-order valence-electron chi connectivity index (χ3n) is 4.50. The molecular formula is C21H17N3O5S. The van der Waals surface area contributed by atoms with E-state index < -0.39 is 4.92 Å². The van der Waals surface area contributed by atoms with Crippen molar-refractivity contribution in [3.63, 3.8) is 0 Å². The minimum atomic E-state index is -0.450. The highest BCUT2D eigenvalue weighted by molar-refractivity contribution is 7.14. The van der Waals surface area contributed by atoms with Crippen LogP contribution in [0.3, 0.4) is 0 Å². The SMILES string of the molecule is COCCN(C(=O)c1cc2ccccc2o1)c1nc(-c2ccc([N+](=O)[O-])cc2)cs1. The van der Waals surface area contributed by atoms with E-state index in [2.05, 4.69) is 4.98 Å². The molecule has 0 aliphatic heterocycles. The van der Waals surface area contributed by atoms with Crippen LogP contribution in [0.15, 0.2) is 64.4 Å². The van der Waals surface area contributed by atoms with Crippen LogP contribution >= 0.6 is 11.3 Å². The van der Waals surface area contributed by atoms with Crippen LogP contribution in [0.1, 0.15) is 10.6 Å².